The molecule has 0 aliphatic carbocycles. The molecule has 88 valence electrons. The summed E-state index contributed by atoms with van der Waals surface area (Å²) in [6.07, 6.45) is -0.177. The highest BCUT2D eigenvalue weighted by Crippen LogP contribution is 2.22. The molecule has 0 radical (unpaired) electrons. The zero-order valence-electron chi connectivity index (χ0n) is 8.64. The van der Waals surface area contributed by atoms with Crippen molar-refractivity contribution in [3.63, 3.8) is 0 Å². The van der Waals surface area contributed by atoms with Gasteiger partial charge in [-0.05, 0) is 12.1 Å². The second kappa shape index (κ2) is 5.32. The maximum absolute atomic E-state index is 11.8. The van der Waals surface area contributed by atoms with Crippen LogP contribution in [-0.4, -0.2) is 27.2 Å². The Labute approximate surface area is 99.1 Å². The van der Waals surface area contributed by atoms with Crippen LogP contribution in [0.1, 0.15) is 6.42 Å². The van der Waals surface area contributed by atoms with Crippen molar-refractivity contribution in [2.45, 2.75) is 11.3 Å². The van der Waals surface area contributed by atoms with Crippen LogP contribution in [0.5, 0.6) is 0 Å². The van der Waals surface area contributed by atoms with Crippen LogP contribution in [0.3, 0.4) is 0 Å². The van der Waals surface area contributed by atoms with E-state index in [4.69, 9.17) is 11.6 Å². The van der Waals surface area contributed by atoms with Crippen molar-refractivity contribution in [2.75, 3.05) is 12.9 Å². The minimum Gasteiger partial charge on any atom is -0.469 e. The number of carbonyl (C=O) groups excluding carboxylic acids is 1. The van der Waals surface area contributed by atoms with Gasteiger partial charge in [-0.1, -0.05) is 23.7 Å². The highest BCUT2D eigenvalue weighted by molar-refractivity contribution is 7.91. The molecule has 0 N–H and O–H groups in total. The van der Waals surface area contributed by atoms with E-state index in [9.17, 15) is 13.2 Å². The number of rotatable bonds is 4. The topological polar surface area (TPSA) is 60.4 Å². The molecule has 0 aliphatic rings. The van der Waals surface area contributed by atoms with Crippen molar-refractivity contribution in [1.29, 1.82) is 0 Å². The van der Waals surface area contributed by atoms with Crippen molar-refractivity contribution >= 4 is 27.4 Å². The summed E-state index contributed by atoms with van der Waals surface area (Å²) < 4.78 is 27.9. The molecular formula is C10H11ClO4S. The summed E-state index contributed by atoms with van der Waals surface area (Å²) in [5, 5.41) is 0.160. The van der Waals surface area contributed by atoms with Gasteiger partial charge in [-0.25, -0.2) is 8.42 Å². The van der Waals surface area contributed by atoms with E-state index >= 15 is 0 Å². The Morgan fingerprint density at radius 2 is 2.00 bits per heavy atom. The molecule has 16 heavy (non-hydrogen) atoms. The third-order valence-corrected chi connectivity index (χ3v) is 4.18. The lowest BCUT2D eigenvalue weighted by molar-refractivity contribution is -0.140. The fourth-order valence-corrected chi connectivity index (χ4v) is 2.92. The number of halogens is 1. The molecule has 6 heteroatoms. The molecule has 0 atom stereocenters. The fourth-order valence-electron chi connectivity index (χ4n) is 1.13. The first-order valence-electron chi connectivity index (χ1n) is 4.51. The number of esters is 1. The van der Waals surface area contributed by atoms with Crippen LogP contribution < -0.4 is 0 Å². The van der Waals surface area contributed by atoms with Crippen LogP contribution in [-0.2, 0) is 19.4 Å². The molecule has 4 nitrogen and oxygen atoms in total. The van der Waals surface area contributed by atoms with E-state index in [0.717, 1.165) is 0 Å². The molecule has 0 aromatic heterocycles. The predicted octanol–water partition coefficient (Wildman–Crippen LogP) is 1.68. The van der Waals surface area contributed by atoms with E-state index < -0.39 is 15.8 Å². The molecule has 0 fully saturated rings. The van der Waals surface area contributed by atoms with E-state index in [2.05, 4.69) is 4.74 Å². The largest absolute Gasteiger partial charge is 0.469 e. The number of sulfone groups is 1. The molecular weight excluding hydrogens is 252 g/mol. The minimum absolute atomic E-state index is 0.0422. The van der Waals surface area contributed by atoms with Gasteiger partial charge in [0.1, 0.15) is 0 Å². The number of carbonyl (C=O) groups is 1. The molecule has 0 amide bonds. The Morgan fingerprint density at radius 3 is 2.56 bits per heavy atom. The van der Waals surface area contributed by atoms with Gasteiger partial charge in [-0.2, -0.15) is 0 Å². The highest BCUT2D eigenvalue weighted by Gasteiger charge is 2.19. The predicted molar refractivity (Wildman–Crippen MR) is 60.1 cm³/mol. The Bertz CT molecular complexity index is 481. The molecule has 0 saturated heterocycles. The molecule has 0 unspecified atom stereocenters. The number of ether oxygens (including phenoxy) is 1. The van der Waals surface area contributed by atoms with Crippen LogP contribution in [0.4, 0.5) is 0 Å². The molecule has 0 spiro atoms. The van der Waals surface area contributed by atoms with Crippen LogP contribution in [0, 0.1) is 0 Å². The second-order valence-corrected chi connectivity index (χ2v) is 5.56. The van der Waals surface area contributed by atoms with E-state index in [1.54, 1.807) is 12.1 Å². The monoisotopic (exact) mass is 262 g/mol. The summed E-state index contributed by atoms with van der Waals surface area (Å²) in [5.41, 5.74) is 0. The lowest BCUT2D eigenvalue weighted by Crippen LogP contribution is -2.12. The van der Waals surface area contributed by atoms with Gasteiger partial charge in [-0.3, -0.25) is 4.79 Å². The quantitative estimate of drug-likeness (QED) is 0.775. The summed E-state index contributed by atoms with van der Waals surface area (Å²) in [4.78, 5) is 10.9. The van der Waals surface area contributed by atoms with E-state index in [0.29, 0.717) is 0 Å². The number of hydrogen-bond donors (Lipinski definition) is 0. The number of benzene rings is 1. The lowest BCUT2D eigenvalue weighted by atomic mass is 10.4. The molecule has 0 bridgehead atoms. The van der Waals surface area contributed by atoms with Gasteiger partial charge in [0.05, 0.1) is 29.2 Å². The van der Waals surface area contributed by atoms with Crippen molar-refractivity contribution < 1.29 is 17.9 Å². The summed E-state index contributed by atoms with van der Waals surface area (Å²) in [6, 6.07) is 6.13. The number of hydrogen-bond acceptors (Lipinski definition) is 4. The molecule has 1 aromatic carbocycles. The maximum atomic E-state index is 11.8. The first-order chi connectivity index (χ1) is 7.47. The Hall–Kier alpha value is -1.07. The number of methoxy groups -OCH3 is 1. The summed E-state index contributed by atoms with van der Waals surface area (Å²) in [6.45, 7) is 0. The molecule has 0 saturated carbocycles. The molecule has 0 aliphatic heterocycles. The minimum atomic E-state index is -3.53. The Balaban J connectivity index is 2.87. The zero-order chi connectivity index (χ0) is 12.2. The summed E-state index contributed by atoms with van der Waals surface area (Å²) in [5.74, 6) is -0.862. The van der Waals surface area contributed by atoms with Crippen molar-refractivity contribution in [2.24, 2.45) is 0 Å². The van der Waals surface area contributed by atoms with Gasteiger partial charge in [0.2, 0.25) is 0 Å². The Kier molecular flexibility index (Phi) is 4.32. The summed E-state index contributed by atoms with van der Waals surface area (Å²) in [7, 11) is -2.32. The zero-order valence-corrected chi connectivity index (χ0v) is 10.2. The Morgan fingerprint density at radius 1 is 1.38 bits per heavy atom. The fraction of sp³-hybridized carbons (Fsp3) is 0.300. The second-order valence-electron chi connectivity index (χ2n) is 3.08. The van der Waals surface area contributed by atoms with Crippen LogP contribution in [0.25, 0.3) is 0 Å². The smallest absolute Gasteiger partial charge is 0.306 e. The standard InChI is InChI=1S/C10H11ClO4S/c1-15-10(12)6-7-16(13,14)9-5-3-2-4-8(9)11/h2-5H,6-7H2,1H3. The van der Waals surface area contributed by atoms with E-state index in [-0.39, 0.29) is 22.1 Å². The molecule has 0 heterocycles. The van der Waals surface area contributed by atoms with Gasteiger partial charge in [-0.15, -0.1) is 0 Å². The van der Waals surface area contributed by atoms with E-state index in [1.807, 2.05) is 0 Å². The molecule has 1 rings (SSSR count). The third kappa shape index (κ3) is 3.21. The first-order valence-corrected chi connectivity index (χ1v) is 6.54. The average Bonchev–Trinajstić information content (AvgIpc) is 2.26. The van der Waals surface area contributed by atoms with Crippen LogP contribution >= 0.6 is 11.6 Å². The van der Waals surface area contributed by atoms with Crippen molar-refractivity contribution in [3.8, 4) is 0 Å². The van der Waals surface area contributed by atoms with Gasteiger partial charge < -0.3 is 4.74 Å². The lowest BCUT2D eigenvalue weighted by Gasteiger charge is -2.05. The highest BCUT2D eigenvalue weighted by atomic mass is 35.5. The SMILES string of the molecule is COC(=O)CCS(=O)(=O)c1ccccc1Cl. The third-order valence-electron chi connectivity index (χ3n) is 1.97. The van der Waals surface area contributed by atoms with Gasteiger partial charge in [0, 0.05) is 0 Å². The van der Waals surface area contributed by atoms with Crippen molar-refractivity contribution in [1.82, 2.24) is 0 Å². The van der Waals surface area contributed by atoms with Gasteiger partial charge in [0.15, 0.2) is 9.84 Å². The molecule has 1 aromatic rings. The van der Waals surface area contributed by atoms with E-state index in [1.165, 1.54) is 19.2 Å². The van der Waals surface area contributed by atoms with Gasteiger partial charge in [0.25, 0.3) is 0 Å². The average molecular weight is 263 g/mol. The first kappa shape index (κ1) is 13.0. The van der Waals surface area contributed by atoms with Gasteiger partial charge >= 0.3 is 5.97 Å². The van der Waals surface area contributed by atoms with Crippen LogP contribution in [0.15, 0.2) is 29.2 Å². The van der Waals surface area contributed by atoms with Crippen LogP contribution in [0.2, 0.25) is 5.02 Å². The summed E-state index contributed by atoms with van der Waals surface area (Å²) >= 11 is 5.76. The maximum Gasteiger partial charge on any atom is 0.306 e. The van der Waals surface area contributed by atoms with Crippen molar-refractivity contribution in [3.05, 3.63) is 29.3 Å². The normalized spacial score (nSPS) is 11.1.